The molecule has 3 nitrogen and oxygen atoms in total. The lowest BCUT2D eigenvalue weighted by Crippen LogP contribution is -2.65. The second-order valence-electron chi connectivity index (χ2n) is 13.6. The van der Waals surface area contributed by atoms with Gasteiger partial charge in [0.1, 0.15) is 0 Å². The van der Waals surface area contributed by atoms with Crippen LogP contribution in [0.3, 0.4) is 0 Å². The second kappa shape index (κ2) is 10.5. The highest BCUT2D eigenvalue weighted by Gasteiger charge is 2.46. The van der Waals surface area contributed by atoms with Crippen molar-refractivity contribution >= 4 is 57.2 Å². The van der Waals surface area contributed by atoms with Gasteiger partial charge < -0.3 is 14.7 Å². The van der Waals surface area contributed by atoms with Crippen LogP contribution in [0.2, 0.25) is 0 Å². The zero-order valence-corrected chi connectivity index (χ0v) is 27.9. The van der Waals surface area contributed by atoms with Crippen molar-refractivity contribution in [2.45, 2.75) is 0 Å². The van der Waals surface area contributed by atoms with Crippen LogP contribution < -0.4 is 31.1 Å². The molecule has 0 fully saturated rings. The lowest BCUT2D eigenvalue weighted by Gasteiger charge is -2.47. The Morgan fingerprint density at radius 3 is 1.10 bits per heavy atom. The van der Waals surface area contributed by atoms with E-state index in [1.807, 2.05) is 0 Å². The molecule has 0 aliphatic carbocycles. The first-order valence-corrected chi connectivity index (χ1v) is 17.1. The quantitative estimate of drug-likeness (QED) is 0.180. The van der Waals surface area contributed by atoms with Crippen molar-refractivity contribution in [1.29, 1.82) is 0 Å². The van der Waals surface area contributed by atoms with Crippen LogP contribution in [0, 0.1) is 0 Å². The van der Waals surface area contributed by atoms with Crippen molar-refractivity contribution in [1.82, 2.24) is 0 Å². The molecule has 232 valence electrons. The minimum Gasteiger partial charge on any atom is -0.345 e. The van der Waals surface area contributed by atoms with E-state index in [0.717, 1.165) is 0 Å². The molecule has 0 spiro atoms. The number of hydrogen-bond acceptors (Lipinski definition) is 3. The Bertz CT molecular complexity index is 2370. The van der Waals surface area contributed by atoms with Gasteiger partial charge in [0.25, 0.3) is 6.71 Å². The Morgan fingerprint density at radius 2 is 0.612 bits per heavy atom. The van der Waals surface area contributed by atoms with Gasteiger partial charge in [-0.3, -0.25) is 0 Å². The lowest BCUT2D eigenvalue weighted by atomic mass is 9.32. The first-order valence-electron chi connectivity index (χ1n) is 17.1. The first-order chi connectivity index (χ1) is 24.0. The maximum absolute atomic E-state index is 2.41. The molecule has 3 aliphatic rings. The minimum atomic E-state index is 0.218. The molecule has 7 aromatic carbocycles. The number of benzene rings is 7. The van der Waals surface area contributed by atoms with E-state index in [2.05, 4.69) is 188 Å². The summed E-state index contributed by atoms with van der Waals surface area (Å²) < 4.78 is 0. The van der Waals surface area contributed by atoms with Gasteiger partial charge in [-0.2, -0.15) is 0 Å². The standard InChI is InChI=1S/C45H34BN3/c1-47-37-17-9-19-39-43(37)46-44-38(47)18-10-20-40(44)49(3)42-28-36(27-41(45(42)46)48(39)2)35-16-8-15-34(26-35)33-14-7-13-32(25-33)31-23-21-30(22-24-31)29-11-5-4-6-12-29/h4-28H,1-3H3. The monoisotopic (exact) mass is 627 g/mol. The molecule has 0 bridgehead atoms. The van der Waals surface area contributed by atoms with Crippen LogP contribution in [-0.4, -0.2) is 27.9 Å². The molecule has 0 atom stereocenters. The predicted molar refractivity (Wildman–Crippen MR) is 210 cm³/mol. The van der Waals surface area contributed by atoms with Gasteiger partial charge in [0.15, 0.2) is 0 Å². The SMILES string of the molecule is CN1c2cccc3c2B2c4c1cccc4N(C)c1cc(-c4cccc(-c5cccc(-c6ccc(-c7ccccc7)cc6)c5)c4)cc(c12)N3C. The zero-order chi connectivity index (χ0) is 32.8. The predicted octanol–water partition coefficient (Wildman–Crippen LogP) is 9.11. The Morgan fingerprint density at radius 1 is 0.286 bits per heavy atom. The highest BCUT2D eigenvalue weighted by atomic mass is 15.2. The fourth-order valence-corrected chi connectivity index (χ4v) is 8.55. The third-order valence-corrected chi connectivity index (χ3v) is 11.0. The normalized spacial score (nSPS) is 13.4. The van der Waals surface area contributed by atoms with Gasteiger partial charge >= 0.3 is 0 Å². The molecule has 49 heavy (non-hydrogen) atoms. The molecule has 4 heteroatoms. The van der Waals surface area contributed by atoms with E-state index < -0.39 is 0 Å². The van der Waals surface area contributed by atoms with Crippen LogP contribution in [0.5, 0.6) is 0 Å². The first kappa shape index (κ1) is 28.1. The highest BCUT2D eigenvalue weighted by molar-refractivity contribution is 7.02. The third-order valence-electron chi connectivity index (χ3n) is 11.0. The summed E-state index contributed by atoms with van der Waals surface area (Å²) in [5.74, 6) is 0. The van der Waals surface area contributed by atoms with E-state index in [9.17, 15) is 0 Å². The van der Waals surface area contributed by atoms with Crippen molar-refractivity contribution in [3.8, 4) is 44.5 Å². The Kier molecular flexibility index (Phi) is 6.01. The van der Waals surface area contributed by atoms with Gasteiger partial charge in [0, 0.05) is 55.3 Å². The zero-order valence-electron chi connectivity index (χ0n) is 27.9. The molecule has 0 aromatic heterocycles. The van der Waals surface area contributed by atoms with Crippen LogP contribution in [0.25, 0.3) is 44.5 Å². The maximum atomic E-state index is 2.41. The van der Waals surface area contributed by atoms with Gasteiger partial charge in [0.05, 0.1) is 0 Å². The van der Waals surface area contributed by atoms with Crippen LogP contribution in [0.15, 0.2) is 152 Å². The molecule has 0 N–H and O–H groups in total. The number of nitrogens with zero attached hydrogens (tertiary/aromatic N) is 3. The molecule has 0 saturated carbocycles. The van der Waals surface area contributed by atoms with E-state index in [-0.39, 0.29) is 6.71 Å². The summed E-state index contributed by atoms with van der Waals surface area (Å²) in [5.41, 5.74) is 21.8. The van der Waals surface area contributed by atoms with Gasteiger partial charge in [-0.25, -0.2) is 0 Å². The molecule has 0 amide bonds. The molecule has 0 unspecified atom stereocenters. The molecule has 7 aromatic rings. The summed E-state index contributed by atoms with van der Waals surface area (Å²) in [6.45, 7) is 0.218. The summed E-state index contributed by atoms with van der Waals surface area (Å²) in [7, 11) is 6.67. The minimum absolute atomic E-state index is 0.218. The summed E-state index contributed by atoms with van der Waals surface area (Å²) in [4.78, 5) is 7.20. The average molecular weight is 628 g/mol. The lowest BCUT2D eigenvalue weighted by molar-refractivity contribution is 1.15. The van der Waals surface area contributed by atoms with Gasteiger partial charge in [-0.15, -0.1) is 0 Å². The molecule has 3 aliphatic heterocycles. The smallest absolute Gasteiger partial charge is 0.257 e. The third kappa shape index (κ3) is 4.10. The second-order valence-corrected chi connectivity index (χ2v) is 13.6. The highest BCUT2D eigenvalue weighted by Crippen LogP contribution is 2.44. The number of anilines is 6. The average Bonchev–Trinajstić information content (AvgIpc) is 3.17. The largest absolute Gasteiger partial charge is 0.345 e. The van der Waals surface area contributed by atoms with E-state index in [4.69, 9.17) is 0 Å². The van der Waals surface area contributed by atoms with Crippen LogP contribution in [0.1, 0.15) is 0 Å². The summed E-state index contributed by atoms with van der Waals surface area (Å²) >= 11 is 0. The summed E-state index contributed by atoms with van der Waals surface area (Å²) in [6, 6.07) is 55.8. The Balaban J connectivity index is 1.06. The topological polar surface area (TPSA) is 9.72 Å². The number of rotatable bonds is 4. The fourth-order valence-electron chi connectivity index (χ4n) is 8.55. The maximum Gasteiger partial charge on any atom is 0.257 e. The fraction of sp³-hybridized carbons (Fsp3) is 0.0667. The van der Waals surface area contributed by atoms with E-state index in [0.29, 0.717) is 0 Å². The van der Waals surface area contributed by atoms with Crippen LogP contribution in [-0.2, 0) is 0 Å². The summed E-state index contributed by atoms with van der Waals surface area (Å²) in [5, 5.41) is 0. The van der Waals surface area contributed by atoms with Gasteiger partial charge in [-0.1, -0.05) is 103 Å². The molecular weight excluding hydrogens is 593 g/mol. The molecular formula is C45H34BN3. The van der Waals surface area contributed by atoms with E-state index >= 15 is 0 Å². The summed E-state index contributed by atoms with van der Waals surface area (Å²) in [6.07, 6.45) is 0. The van der Waals surface area contributed by atoms with Crippen molar-refractivity contribution in [3.05, 3.63) is 152 Å². The van der Waals surface area contributed by atoms with Crippen molar-refractivity contribution in [3.63, 3.8) is 0 Å². The van der Waals surface area contributed by atoms with Crippen molar-refractivity contribution in [2.75, 3.05) is 35.8 Å². The van der Waals surface area contributed by atoms with Crippen molar-refractivity contribution in [2.24, 2.45) is 0 Å². The molecule has 10 rings (SSSR count). The Labute approximate surface area is 288 Å². The van der Waals surface area contributed by atoms with Gasteiger partial charge in [0.2, 0.25) is 0 Å². The molecule has 0 radical (unpaired) electrons. The van der Waals surface area contributed by atoms with Crippen LogP contribution in [0.4, 0.5) is 34.1 Å². The number of hydrogen-bond donors (Lipinski definition) is 0. The molecule has 3 heterocycles. The van der Waals surface area contributed by atoms with Gasteiger partial charge in [-0.05, 0) is 109 Å². The Hall–Kier alpha value is -6.00. The van der Waals surface area contributed by atoms with Crippen LogP contribution >= 0.6 is 0 Å². The van der Waals surface area contributed by atoms with E-state index in [1.54, 1.807) is 0 Å². The van der Waals surface area contributed by atoms with Crippen molar-refractivity contribution < 1.29 is 0 Å². The molecule has 0 saturated heterocycles. The van der Waals surface area contributed by atoms with E-state index in [1.165, 1.54) is 95.0 Å².